The summed E-state index contributed by atoms with van der Waals surface area (Å²) in [6.07, 6.45) is -1.12. The Morgan fingerprint density at radius 1 is 1.33 bits per heavy atom. The molecule has 0 bridgehead atoms. The Morgan fingerprint density at radius 2 is 2.00 bits per heavy atom. The minimum atomic E-state index is -1.13. The van der Waals surface area contributed by atoms with E-state index in [1.54, 1.807) is 0 Å². The summed E-state index contributed by atoms with van der Waals surface area (Å²) in [5, 5.41) is 8.84. The van der Waals surface area contributed by atoms with Gasteiger partial charge in [0.25, 0.3) is 0 Å². The van der Waals surface area contributed by atoms with Crippen molar-refractivity contribution in [3.8, 4) is 0 Å². The van der Waals surface area contributed by atoms with Crippen LogP contribution in [0.2, 0.25) is 0 Å². The van der Waals surface area contributed by atoms with E-state index in [1.807, 2.05) is 30.3 Å². The third-order valence-corrected chi connectivity index (χ3v) is 3.21. The number of carboxylic acid groups (broad SMARTS) is 1. The molecular weight excluding hydrogens is 276 g/mol. The predicted molar refractivity (Wildman–Crippen MR) is 72.1 cm³/mol. The molecule has 21 heavy (non-hydrogen) atoms. The van der Waals surface area contributed by atoms with Crippen LogP contribution in [0.1, 0.15) is 12.0 Å². The average molecular weight is 292 g/mol. The van der Waals surface area contributed by atoms with Crippen LogP contribution in [0.15, 0.2) is 30.3 Å². The van der Waals surface area contributed by atoms with E-state index in [0.717, 1.165) is 10.5 Å². The first-order valence-electron chi connectivity index (χ1n) is 6.43. The van der Waals surface area contributed by atoms with Crippen molar-refractivity contribution in [1.82, 2.24) is 9.80 Å². The van der Waals surface area contributed by atoms with Gasteiger partial charge in [0.05, 0.1) is 13.1 Å². The maximum Gasteiger partial charge on any atom is 0.412 e. The molecule has 0 spiro atoms. The van der Waals surface area contributed by atoms with Crippen LogP contribution in [-0.2, 0) is 20.9 Å². The number of carboxylic acids is 1. The van der Waals surface area contributed by atoms with E-state index in [1.165, 1.54) is 11.9 Å². The fourth-order valence-corrected chi connectivity index (χ4v) is 2.13. The van der Waals surface area contributed by atoms with Crippen LogP contribution < -0.4 is 0 Å². The normalized spacial score (nSPS) is 18.0. The summed E-state index contributed by atoms with van der Waals surface area (Å²) < 4.78 is 5.14. The Kier molecular flexibility index (Phi) is 4.42. The van der Waals surface area contributed by atoms with Gasteiger partial charge in [0.2, 0.25) is 5.91 Å². The Labute approximate surface area is 121 Å². The van der Waals surface area contributed by atoms with Gasteiger partial charge in [-0.2, -0.15) is 0 Å². The number of benzene rings is 1. The predicted octanol–water partition coefficient (Wildman–Crippen LogP) is 0.898. The highest BCUT2D eigenvalue weighted by Gasteiger charge is 2.41. The highest BCUT2D eigenvalue weighted by molar-refractivity contribution is 5.91. The molecule has 1 fully saturated rings. The number of aliphatic carboxylic acids is 1. The van der Waals surface area contributed by atoms with Crippen molar-refractivity contribution >= 4 is 18.0 Å². The third-order valence-electron chi connectivity index (χ3n) is 3.21. The van der Waals surface area contributed by atoms with Crippen molar-refractivity contribution < 1.29 is 24.2 Å². The minimum Gasteiger partial charge on any atom is -0.481 e. The van der Waals surface area contributed by atoms with E-state index in [4.69, 9.17) is 9.84 Å². The van der Waals surface area contributed by atoms with Crippen molar-refractivity contribution in [3.05, 3.63) is 35.9 Å². The van der Waals surface area contributed by atoms with E-state index in [0.29, 0.717) is 0 Å². The standard InChI is InChI=1S/C14H16N2O5/c1-15-9-16(11(13(15)19)7-12(17)18)14(20)21-8-10-5-3-2-4-6-10/h2-6,11H,7-9H2,1H3,(H,17,18)/t11-/m0/s1. The summed E-state index contributed by atoms with van der Waals surface area (Å²) >= 11 is 0. The third kappa shape index (κ3) is 3.50. The number of carbonyl (C=O) groups is 3. The molecule has 1 N–H and O–H groups in total. The lowest BCUT2D eigenvalue weighted by Crippen LogP contribution is -2.39. The van der Waals surface area contributed by atoms with Crippen molar-refractivity contribution in [1.29, 1.82) is 0 Å². The number of carbonyl (C=O) groups excluding carboxylic acids is 2. The molecule has 7 heteroatoms. The molecule has 1 saturated heterocycles. The Hall–Kier alpha value is -2.57. The Balaban J connectivity index is 2.00. The van der Waals surface area contributed by atoms with E-state index in [9.17, 15) is 14.4 Å². The zero-order valence-corrected chi connectivity index (χ0v) is 11.6. The Morgan fingerprint density at radius 3 is 2.62 bits per heavy atom. The van der Waals surface area contributed by atoms with Gasteiger partial charge >= 0.3 is 12.1 Å². The molecule has 0 aromatic heterocycles. The lowest BCUT2D eigenvalue weighted by atomic mass is 10.2. The lowest BCUT2D eigenvalue weighted by Gasteiger charge is -2.20. The molecular formula is C14H16N2O5. The van der Waals surface area contributed by atoms with Gasteiger partial charge in [-0.25, -0.2) is 4.79 Å². The smallest absolute Gasteiger partial charge is 0.412 e. The van der Waals surface area contributed by atoms with Crippen molar-refractivity contribution in [2.24, 2.45) is 0 Å². The van der Waals surface area contributed by atoms with Gasteiger partial charge in [-0.1, -0.05) is 30.3 Å². The SMILES string of the molecule is CN1CN(C(=O)OCc2ccccc2)[C@@H](CC(=O)O)C1=O. The summed E-state index contributed by atoms with van der Waals surface area (Å²) in [5.41, 5.74) is 0.819. The number of hydrogen-bond donors (Lipinski definition) is 1. The van der Waals surface area contributed by atoms with Gasteiger partial charge in [-0.3, -0.25) is 14.5 Å². The fourth-order valence-electron chi connectivity index (χ4n) is 2.13. The molecule has 0 saturated carbocycles. The van der Waals surface area contributed by atoms with Crippen LogP contribution in [-0.4, -0.2) is 52.6 Å². The minimum absolute atomic E-state index is 0.0321. The summed E-state index contributed by atoms with van der Waals surface area (Å²) in [7, 11) is 1.52. The van der Waals surface area contributed by atoms with E-state index < -0.39 is 30.4 Å². The quantitative estimate of drug-likeness (QED) is 0.890. The average Bonchev–Trinajstić information content (AvgIpc) is 2.74. The van der Waals surface area contributed by atoms with E-state index in [-0.39, 0.29) is 13.3 Å². The molecule has 0 aliphatic carbocycles. The molecule has 1 heterocycles. The zero-order chi connectivity index (χ0) is 15.4. The molecule has 1 atom stereocenters. The zero-order valence-electron chi connectivity index (χ0n) is 11.6. The largest absolute Gasteiger partial charge is 0.481 e. The molecule has 7 nitrogen and oxygen atoms in total. The highest BCUT2D eigenvalue weighted by Crippen LogP contribution is 2.18. The second-order valence-corrected chi connectivity index (χ2v) is 4.80. The molecule has 112 valence electrons. The molecule has 1 aliphatic rings. The lowest BCUT2D eigenvalue weighted by molar-refractivity contribution is -0.140. The van der Waals surface area contributed by atoms with Crippen LogP contribution in [0.25, 0.3) is 0 Å². The van der Waals surface area contributed by atoms with Crippen LogP contribution in [0.3, 0.4) is 0 Å². The van der Waals surface area contributed by atoms with Gasteiger partial charge in [-0.05, 0) is 5.56 Å². The first kappa shape index (κ1) is 14.8. The summed E-state index contributed by atoms with van der Waals surface area (Å²) in [6, 6.07) is 8.11. The van der Waals surface area contributed by atoms with E-state index >= 15 is 0 Å². The summed E-state index contributed by atoms with van der Waals surface area (Å²) in [5.74, 6) is -1.53. The molecule has 0 unspecified atom stereocenters. The maximum atomic E-state index is 12.0. The first-order valence-corrected chi connectivity index (χ1v) is 6.43. The molecule has 1 aromatic carbocycles. The Bertz CT molecular complexity index is 546. The number of hydrogen-bond acceptors (Lipinski definition) is 4. The first-order chi connectivity index (χ1) is 9.99. The molecule has 2 amide bonds. The summed E-state index contributed by atoms with van der Waals surface area (Å²) in [6.45, 7) is 0.109. The number of likely N-dealkylation sites (N-methyl/N-ethyl adjacent to an activating group) is 1. The second-order valence-electron chi connectivity index (χ2n) is 4.80. The van der Waals surface area contributed by atoms with Crippen LogP contribution in [0, 0.1) is 0 Å². The second kappa shape index (κ2) is 6.25. The number of nitrogens with zero attached hydrogens (tertiary/aromatic N) is 2. The topological polar surface area (TPSA) is 87.2 Å². The molecule has 0 radical (unpaired) electrons. The van der Waals surface area contributed by atoms with Crippen molar-refractivity contribution in [3.63, 3.8) is 0 Å². The number of rotatable bonds is 4. The number of ether oxygens (including phenoxy) is 1. The van der Waals surface area contributed by atoms with Crippen LogP contribution >= 0.6 is 0 Å². The highest BCUT2D eigenvalue weighted by atomic mass is 16.6. The number of amides is 2. The van der Waals surface area contributed by atoms with Crippen molar-refractivity contribution in [2.75, 3.05) is 13.7 Å². The van der Waals surface area contributed by atoms with Gasteiger partial charge in [0, 0.05) is 7.05 Å². The van der Waals surface area contributed by atoms with Crippen molar-refractivity contribution in [2.45, 2.75) is 19.1 Å². The molecule has 1 aliphatic heterocycles. The maximum absolute atomic E-state index is 12.0. The van der Waals surface area contributed by atoms with Gasteiger partial charge in [0.15, 0.2) is 0 Å². The fraction of sp³-hybridized carbons (Fsp3) is 0.357. The molecule has 1 aromatic rings. The molecule has 2 rings (SSSR count). The van der Waals surface area contributed by atoms with Crippen LogP contribution in [0.4, 0.5) is 4.79 Å². The monoisotopic (exact) mass is 292 g/mol. The van der Waals surface area contributed by atoms with Crippen LogP contribution in [0.5, 0.6) is 0 Å². The van der Waals surface area contributed by atoms with Gasteiger partial charge in [0.1, 0.15) is 12.6 Å². The summed E-state index contributed by atoms with van der Waals surface area (Å²) in [4.78, 5) is 37.1. The van der Waals surface area contributed by atoms with Gasteiger partial charge < -0.3 is 14.7 Å². The van der Waals surface area contributed by atoms with E-state index in [2.05, 4.69) is 0 Å². The van der Waals surface area contributed by atoms with Gasteiger partial charge in [-0.15, -0.1) is 0 Å².